The molecule has 0 spiro atoms. The van der Waals surface area contributed by atoms with Crippen LogP contribution in [0, 0.1) is 17.1 Å². The van der Waals surface area contributed by atoms with Crippen LogP contribution in [-0.2, 0) is 6.54 Å². The number of rotatable bonds is 6. The van der Waals surface area contributed by atoms with Gasteiger partial charge in [0.25, 0.3) is 5.91 Å². The van der Waals surface area contributed by atoms with Crippen molar-refractivity contribution in [1.29, 1.82) is 5.26 Å². The third-order valence-corrected chi connectivity index (χ3v) is 5.15. The summed E-state index contributed by atoms with van der Waals surface area (Å²) in [5.74, 6) is -0.153. The minimum absolute atomic E-state index is 0.215. The average molecular weight is 369 g/mol. The third-order valence-electron chi connectivity index (χ3n) is 4.47. The quantitative estimate of drug-likeness (QED) is 0.710. The van der Waals surface area contributed by atoms with Crippen LogP contribution >= 0.6 is 11.8 Å². The van der Waals surface area contributed by atoms with Crippen LogP contribution < -0.4 is 0 Å². The lowest BCUT2D eigenvalue weighted by Crippen LogP contribution is -2.31. The number of hydrogen-bond donors (Lipinski definition) is 0. The van der Waals surface area contributed by atoms with Gasteiger partial charge in [0.1, 0.15) is 16.9 Å². The zero-order chi connectivity index (χ0) is 18.7. The SMILES string of the molecule is CCN(Cc1cccc(F)c1)C(=O)c1cc(C2CC2)nc(SC)c1C#N. The number of carbonyl (C=O) groups is 1. The molecule has 1 aliphatic carbocycles. The van der Waals surface area contributed by atoms with Crippen LogP contribution in [-0.4, -0.2) is 28.6 Å². The molecule has 26 heavy (non-hydrogen) atoms. The summed E-state index contributed by atoms with van der Waals surface area (Å²) in [4.78, 5) is 19.4. The lowest BCUT2D eigenvalue weighted by molar-refractivity contribution is 0.0751. The molecule has 1 fully saturated rings. The van der Waals surface area contributed by atoms with Gasteiger partial charge in [-0.05, 0) is 49.8 Å². The molecule has 3 rings (SSSR count). The summed E-state index contributed by atoms with van der Waals surface area (Å²) in [6.07, 6.45) is 4.00. The van der Waals surface area contributed by atoms with Crippen LogP contribution in [0.1, 0.15) is 52.9 Å². The smallest absolute Gasteiger partial charge is 0.255 e. The van der Waals surface area contributed by atoms with E-state index in [0.717, 1.165) is 24.1 Å². The van der Waals surface area contributed by atoms with Crippen LogP contribution in [0.15, 0.2) is 35.4 Å². The number of benzene rings is 1. The lowest BCUT2D eigenvalue weighted by Gasteiger charge is -2.22. The Hall–Kier alpha value is -2.39. The van der Waals surface area contributed by atoms with Gasteiger partial charge in [0.15, 0.2) is 0 Å². The van der Waals surface area contributed by atoms with E-state index in [0.29, 0.717) is 35.2 Å². The van der Waals surface area contributed by atoms with Crippen LogP contribution in [0.3, 0.4) is 0 Å². The Morgan fingerprint density at radius 1 is 1.42 bits per heavy atom. The Morgan fingerprint density at radius 2 is 2.19 bits per heavy atom. The maximum Gasteiger partial charge on any atom is 0.255 e. The highest BCUT2D eigenvalue weighted by atomic mass is 32.2. The molecule has 1 aliphatic rings. The Kier molecular flexibility index (Phi) is 5.58. The van der Waals surface area contributed by atoms with E-state index in [2.05, 4.69) is 11.1 Å². The van der Waals surface area contributed by atoms with Crippen LogP contribution in [0.25, 0.3) is 0 Å². The lowest BCUT2D eigenvalue weighted by atomic mass is 10.1. The Morgan fingerprint density at radius 3 is 2.77 bits per heavy atom. The van der Waals surface area contributed by atoms with Crippen LogP contribution in [0.2, 0.25) is 0 Å². The number of nitriles is 1. The van der Waals surface area contributed by atoms with Gasteiger partial charge in [0, 0.05) is 24.7 Å². The topological polar surface area (TPSA) is 57.0 Å². The number of pyridine rings is 1. The van der Waals surface area contributed by atoms with E-state index in [1.165, 1.54) is 23.9 Å². The van der Waals surface area contributed by atoms with Crippen molar-refractivity contribution >= 4 is 17.7 Å². The van der Waals surface area contributed by atoms with Crippen molar-refractivity contribution in [2.45, 2.75) is 37.3 Å². The summed E-state index contributed by atoms with van der Waals surface area (Å²) < 4.78 is 13.5. The van der Waals surface area contributed by atoms with E-state index < -0.39 is 0 Å². The molecule has 0 atom stereocenters. The molecule has 1 aromatic carbocycles. The van der Waals surface area contributed by atoms with Gasteiger partial charge in [0.05, 0.1) is 11.1 Å². The van der Waals surface area contributed by atoms with Gasteiger partial charge in [0.2, 0.25) is 0 Å². The summed E-state index contributed by atoms with van der Waals surface area (Å²) in [6.45, 7) is 2.64. The van der Waals surface area contributed by atoms with E-state index in [1.807, 2.05) is 13.2 Å². The highest BCUT2D eigenvalue weighted by Gasteiger charge is 2.29. The van der Waals surface area contributed by atoms with Gasteiger partial charge in [-0.25, -0.2) is 9.37 Å². The Bertz CT molecular complexity index is 874. The number of nitrogens with zero attached hydrogens (tertiary/aromatic N) is 3. The molecule has 1 amide bonds. The van der Waals surface area contributed by atoms with Gasteiger partial charge in [-0.1, -0.05) is 12.1 Å². The Balaban J connectivity index is 1.96. The molecular formula is C20H20FN3OS. The molecule has 0 unspecified atom stereocenters. The number of halogens is 1. The summed E-state index contributed by atoms with van der Waals surface area (Å²) in [5, 5.41) is 10.2. The number of aromatic nitrogens is 1. The van der Waals surface area contributed by atoms with Crippen molar-refractivity contribution in [1.82, 2.24) is 9.88 Å². The first-order valence-corrected chi connectivity index (χ1v) is 9.82. The molecule has 0 N–H and O–H groups in total. The first-order chi connectivity index (χ1) is 12.6. The van der Waals surface area contributed by atoms with Crippen molar-refractivity contribution in [3.63, 3.8) is 0 Å². The van der Waals surface area contributed by atoms with Crippen molar-refractivity contribution in [2.75, 3.05) is 12.8 Å². The fourth-order valence-electron chi connectivity index (χ4n) is 2.91. The van der Waals surface area contributed by atoms with E-state index in [9.17, 15) is 14.4 Å². The average Bonchev–Trinajstić information content (AvgIpc) is 3.49. The van der Waals surface area contributed by atoms with E-state index in [-0.39, 0.29) is 11.7 Å². The monoisotopic (exact) mass is 369 g/mol. The standard InChI is InChI=1S/C20H20FN3OS/c1-3-24(12-13-5-4-6-15(21)9-13)20(25)16-10-18(14-7-8-14)23-19(26-2)17(16)11-22/h4-6,9-10,14H,3,7-8,12H2,1-2H3. The molecule has 6 heteroatoms. The predicted molar refractivity (Wildman–Crippen MR) is 99.5 cm³/mol. The normalized spacial score (nSPS) is 13.3. The zero-order valence-electron chi connectivity index (χ0n) is 14.8. The number of amides is 1. The minimum Gasteiger partial charge on any atom is -0.335 e. The molecule has 0 bridgehead atoms. The zero-order valence-corrected chi connectivity index (χ0v) is 15.6. The van der Waals surface area contributed by atoms with Crippen molar-refractivity contribution < 1.29 is 9.18 Å². The third kappa shape index (κ3) is 3.88. The van der Waals surface area contributed by atoms with Crippen LogP contribution in [0.5, 0.6) is 0 Å². The van der Waals surface area contributed by atoms with Gasteiger partial charge in [-0.2, -0.15) is 5.26 Å². The molecule has 0 aliphatic heterocycles. The van der Waals surface area contributed by atoms with Crippen LogP contribution in [0.4, 0.5) is 4.39 Å². The maximum atomic E-state index is 13.5. The fraction of sp³-hybridized carbons (Fsp3) is 0.350. The molecule has 134 valence electrons. The molecular weight excluding hydrogens is 349 g/mol. The first-order valence-electron chi connectivity index (χ1n) is 8.60. The van der Waals surface area contributed by atoms with Gasteiger partial charge >= 0.3 is 0 Å². The number of hydrogen-bond acceptors (Lipinski definition) is 4. The van der Waals surface area contributed by atoms with Crippen molar-refractivity contribution in [3.05, 3.63) is 58.5 Å². The second-order valence-electron chi connectivity index (χ2n) is 6.31. The highest BCUT2D eigenvalue weighted by Crippen LogP contribution is 2.40. The van der Waals surface area contributed by atoms with E-state index in [1.54, 1.807) is 23.1 Å². The second kappa shape index (κ2) is 7.88. The molecule has 0 radical (unpaired) electrons. The minimum atomic E-state index is -0.326. The summed E-state index contributed by atoms with van der Waals surface area (Å²) >= 11 is 1.38. The van der Waals surface area contributed by atoms with Gasteiger partial charge in [-0.15, -0.1) is 11.8 Å². The molecule has 0 saturated heterocycles. The largest absolute Gasteiger partial charge is 0.335 e. The molecule has 2 aromatic rings. The molecule has 4 nitrogen and oxygen atoms in total. The highest BCUT2D eigenvalue weighted by molar-refractivity contribution is 7.98. The number of thioether (sulfide) groups is 1. The van der Waals surface area contributed by atoms with Crippen molar-refractivity contribution in [3.8, 4) is 6.07 Å². The van der Waals surface area contributed by atoms with E-state index >= 15 is 0 Å². The van der Waals surface area contributed by atoms with Gasteiger partial charge in [-0.3, -0.25) is 4.79 Å². The number of carbonyl (C=O) groups excluding carboxylic acids is 1. The summed E-state index contributed by atoms with van der Waals surface area (Å²) in [6, 6.07) is 10.1. The Labute approximate surface area is 157 Å². The van der Waals surface area contributed by atoms with Gasteiger partial charge < -0.3 is 4.90 Å². The summed E-state index contributed by atoms with van der Waals surface area (Å²) in [5.41, 5.74) is 2.33. The predicted octanol–water partition coefficient (Wildman–Crippen LogP) is 4.35. The first kappa shape index (κ1) is 18.4. The van der Waals surface area contributed by atoms with E-state index in [4.69, 9.17) is 0 Å². The van der Waals surface area contributed by atoms with Crippen molar-refractivity contribution in [2.24, 2.45) is 0 Å². The maximum absolute atomic E-state index is 13.5. The molecule has 1 saturated carbocycles. The summed E-state index contributed by atoms with van der Waals surface area (Å²) in [7, 11) is 0. The fourth-order valence-corrected chi connectivity index (χ4v) is 3.46. The molecule has 1 heterocycles. The second-order valence-corrected chi connectivity index (χ2v) is 7.11. The molecule has 1 aromatic heterocycles.